The Morgan fingerprint density at radius 2 is 1.96 bits per heavy atom. The van der Waals surface area contributed by atoms with Crippen LogP contribution in [0.1, 0.15) is 26.3 Å². The van der Waals surface area contributed by atoms with Crippen molar-refractivity contribution in [2.45, 2.75) is 32.7 Å². The minimum absolute atomic E-state index is 0.0354. The summed E-state index contributed by atoms with van der Waals surface area (Å²) in [5.74, 6) is 1.42. The summed E-state index contributed by atoms with van der Waals surface area (Å²) in [7, 11) is 0. The summed E-state index contributed by atoms with van der Waals surface area (Å²) in [6.07, 6.45) is 6.31. The maximum atomic E-state index is 12.3. The molecule has 3 rings (SSSR count). The van der Waals surface area contributed by atoms with Gasteiger partial charge in [-0.15, -0.1) is 0 Å². The van der Waals surface area contributed by atoms with E-state index in [0.717, 1.165) is 23.6 Å². The van der Waals surface area contributed by atoms with Gasteiger partial charge < -0.3 is 19.7 Å². The topological polar surface area (TPSA) is 50.8 Å². The number of hydrogen-bond acceptors (Lipinski definition) is 4. The lowest BCUT2D eigenvalue weighted by Gasteiger charge is -2.35. The fourth-order valence-electron chi connectivity index (χ4n) is 2.67. The molecule has 5 heteroatoms. The van der Waals surface area contributed by atoms with Gasteiger partial charge in [0, 0.05) is 24.0 Å². The monoisotopic (exact) mass is 328 g/mol. The molecule has 2 aliphatic heterocycles. The van der Waals surface area contributed by atoms with Crippen LogP contribution in [0.5, 0.6) is 11.5 Å². The molecule has 1 amide bonds. The molecule has 2 heterocycles. The summed E-state index contributed by atoms with van der Waals surface area (Å²) >= 11 is 0. The maximum absolute atomic E-state index is 12.3. The van der Waals surface area contributed by atoms with Gasteiger partial charge in [0.15, 0.2) is 11.5 Å². The van der Waals surface area contributed by atoms with Crippen molar-refractivity contribution in [1.29, 1.82) is 0 Å². The molecule has 0 aromatic heterocycles. The van der Waals surface area contributed by atoms with Gasteiger partial charge in [-0.25, -0.2) is 0 Å². The average Bonchev–Trinajstić information content (AvgIpc) is 2.54. The zero-order chi connectivity index (χ0) is 17.2. The number of amides is 1. The minimum atomic E-state index is -0.0354. The largest absolute Gasteiger partial charge is 0.486 e. The molecule has 1 aromatic carbocycles. The molecule has 5 nitrogen and oxygen atoms in total. The third-order valence-corrected chi connectivity index (χ3v) is 4.06. The number of allylic oxidation sites excluding steroid dienone is 1. The second kappa shape index (κ2) is 6.59. The highest BCUT2D eigenvalue weighted by molar-refractivity contribution is 5.81. The number of nitrogens with one attached hydrogen (secondary N) is 1. The van der Waals surface area contributed by atoms with Gasteiger partial charge in [0.1, 0.15) is 13.2 Å². The molecule has 0 atom stereocenters. The van der Waals surface area contributed by atoms with Crippen molar-refractivity contribution in [2.75, 3.05) is 19.8 Å². The Bertz CT molecular complexity index is 686. The van der Waals surface area contributed by atoms with Crippen molar-refractivity contribution >= 4 is 5.91 Å². The van der Waals surface area contributed by atoms with Crippen molar-refractivity contribution in [3.63, 3.8) is 0 Å². The number of carbonyl (C=O) groups excluding carboxylic acids is 1. The van der Waals surface area contributed by atoms with E-state index in [2.05, 4.69) is 31.0 Å². The number of ether oxygens (including phenoxy) is 2. The molecule has 2 aliphatic rings. The first-order valence-corrected chi connectivity index (χ1v) is 8.25. The fraction of sp³-hybridized carbons (Fsp3) is 0.421. The van der Waals surface area contributed by atoms with Crippen LogP contribution in [0.2, 0.25) is 0 Å². The highest BCUT2D eigenvalue weighted by Crippen LogP contribution is 2.30. The van der Waals surface area contributed by atoms with Gasteiger partial charge in [0.25, 0.3) is 0 Å². The van der Waals surface area contributed by atoms with Gasteiger partial charge in [-0.3, -0.25) is 4.79 Å². The molecular formula is C19H24N2O3. The average molecular weight is 328 g/mol. The van der Waals surface area contributed by atoms with Gasteiger partial charge in [-0.1, -0.05) is 6.07 Å². The molecule has 0 unspecified atom stereocenters. The van der Waals surface area contributed by atoms with E-state index in [4.69, 9.17) is 9.47 Å². The quantitative estimate of drug-likeness (QED) is 0.927. The molecule has 0 fully saturated rings. The van der Waals surface area contributed by atoms with Crippen LogP contribution in [0.3, 0.4) is 0 Å². The first-order chi connectivity index (χ1) is 11.4. The molecule has 0 aliphatic carbocycles. The highest BCUT2D eigenvalue weighted by Gasteiger charge is 2.19. The van der Waals surface area contributed by atoms with Gasteiger partial charge in [0.05, 0.1) is 6.42 Å². The summed E-state index contributed by atoms with van der Waals surface area (Å²) < 4.78 is 11.0. The van der Waals surface area contributed by atoms with E-state index < -0.39 is 0 Å². The molecule has 0 saturated carbocycles. The normalized spacial score (nSPS) is 16.6. The standard InChI is InChI=1S/C19H24N2O3/c1-19(2,3)21-8-6-15(7-9-21)20-18(22)13-14-4-5-16-17(12-14)24-11-10-23-16/h4-8,12H,9-11,13H2,1-3H3,(H,20,22). The van der Waals surface area contributed by atoms with Gasteiger partial charge in [-0.2, -0.15) is 0 Å². The van der Waals surface area contributed by atoms with Crippen molar-refractivity contribution in [3.8, 4) is 11.5 Å². The molecule has 24 heavy (non-hydrogen) atoms. The number of hydrogen-bond donors (Lipinski definition) is 1. The van der Waals surface area contributed by atoms with Crippen LogP contribution in [0.4, 0.5) is 0 Å². The summed E-state index contributed by atoms with van der Waals surface area (Å²) in [6, 6.07) is 5.64. The Hall–Kier alpha value is -2.43. The number of rotatable bonds is 3. The van der Waals surface area contributed by atoms with Crippen molar-refractivity contribution < 1.29 is 14.3 Å². The highest BCUT2D eigenvalue weighted by atomic mass is 16.6. The second-order valence-corrected chi connectivity index (χ2v) is 7.00. The van der Waals surface area contributed by atoms with E-state index in [0.29, 0.717) is 25.4 Å². The van der Waals surface area contributed by atoms with E-state index in [-0.39, 0.29) is 11.4 Å². The lowest BCUT2D eigenvalue weighted by molar-refractivity contribution is -0.119. The lowest BCUT2D eigenvalue weighted by Crippen LogP contribution is -2.39. The van der Waals surface area contributed by atoms with Crippen LogP contribution in [0.25, 0.3) is 0 Å². The van der Waals surface area contributed by atoms with E-state index >= 15 is 0 Å². The Morgan fingerprint density at radius 1 is 1.21 bits per heavy atom. The SMILES string of the molecule is CC(C)(C)N1C=CC(NC(=O)Cc2ccc3c(c2)OCCO3)=CC1. The summed E-state index contributed by atoms with van der Waals surface area (Å²) in [4.78, 5) is 14.5. The second-order valence-electron chi connectivity index (χ2n) is 7.00. The van der Waals surface area contributed by atoms with E-state index in [1.54, 1.807) is 0 Å². The van der Waals surface area contributed by atoms with Crippen LogP contribution in [0, 0.1) is 0 Å². The zero-order valence-electron chi connectivity index (χ0n) is 14.5. The van der Waals surface area contributed by atoms with Crippen LogP contribution >= 0.6 is 0 Å². The van der Waals surface area contributed by atoms with Gasteiger partial charge in [-0.05, 0) is 50.6 Å². The molecule has 0 bridgehead atoms. The Kier molecular flexibility index (Phi) is 4.51. The van der Waals surface area contributed by atoms with E-state index in [1.165, 1.54) is 0 Å². The van der Waals surface area contributed by atoms with E-state index in [1.807, 2.05) is 36.6 Å². The summed E-state index contributed by atoms with van der Waals surface area (Å²) in [5, 5.41) is 2.96. The maximum Gasteiger partial charge on any atom is 0.228 e. The predicted molar refractivity (Wildman–Crippen MR) is 93.0 cm³/mol. The molecule has 128 valence electrons. The smallest absolute Gasteiger partial charge is 0.228 e. The number of fused-ring (bicyclic) bond motifs is 1. The summed E-state index contributed by atoms with van der Waals surface area (Å²) in [5.41, 5.74) is 1.83. The van der Waals surface area contributed by atoms with Crippen molar-refractivity contribution in [1.82, 2.24) is 10.2 Å². The van der Waals surface area contributed by atoms with Crippen LogP contribution in [-0.4, -0.2) is 36.1 Å². The Labute approximate surface area is 142 Å². The first-order valence-electron chi connectivity index (χ1n) is 8.25. The third kappa shape index (κ3) is 3.91. The molecule has 0 saturated heterocycles. The van der Waals surface area contributed by atoms with Gasteiger partial charge >= 0.3 is 0 Å². The van der Waals surface area contributed by atoms with Crippen LogP contribution in [0.15, 0.2) is 42.2 Å². The van der Waals surface area contributed by atoms with Crippen LogP contribution < -0.4 is 14.8 Å². The number of carbonyl (C=O) groups is 1. The molecule has 1 N–H and O–H groups in total. The third-order valence-electron chi connectivity index (χ3n) is 4.06. The molecule has 0 radical (unpaired) electrons. The first kappa shape index (κ1) is 16.4. The van der Waals surface area contributed by atoms with Gasteiger partial charge in [0.2, 0.25) is 5.91 Å². The minimum Gasteiger partial charge on any atom is -0.486 e. The summed E-state index contributed by atoms with van der Waals surface area (Å²) in [6.45, 7) is 8.40. The molecular weight excluding hydrogens is 304 g/mol. The number of benzene rings is 1. The molecule has 0 spiro atoms. The van der Waals surface area contributed by atoms with Crippen molar-refractivity contribution in [3.05, 3.63) is 47.8 Å². The molecule has 1 aromatic rings. The zero-order valence-corrected chi connectivity index (χ0v) is 14.5. The van der Waals surface area contributed by atoms with Crippen molar-refractivity contribution in [2.24, 2.45) is 0 Å². The number of nitrogens with zero attached hydrogens (tertiary/aromatic N) is 1. The fourth-order valence-corrected chi connectivity index (χ4v) is 2.67. The predicted octanol–water partition coefficient (Wildman–Crippen LogP) is 2.63. The Morgan fingerprint density at radius 3 is 2.62 bits per heavy atom. The lowest BCUT2D eigenvalue weighted by atomic mass is 10.1. The van der Waals surface area contributed by atoms with Crippen LogP contribution in [-0.2, 0) is 11.2 Å². The van der Waals surface area contributed by atoms with E-state index in [9.17, 15) is 4.79 Å². The Balaban J connectivity index is 1.57.